The quantitative estimate of drug-likeness (QED) is 0.809. The van der Waals surface area contributed by atoms with Crippen molar-refractivity contribution in [2.75, 3.05) is 18.0 Å². The zero-order valence-corrected chi connectivity index (χ0v) is 15.7. The number of rotatable bonds is 4. The maximum absolute atomic E-state index is 4.66. The van der Waals surface area contributed by atoms with E-state index in [0.717, 1.165) is 24.6 Å². The molecule has 130 valence electrons. The topological polar surface area (TPSA) is 31.7 Å². The summed E-state index contributed by atoms with van der Waals surface area (Å²) in [6.45, 7) is 6.19. The number of benzene rings is 1. The van der Waals surface area contributed by atoms with Crippen molar-refractivity contribution in [2.24, 2.45) is 4.99 Å². The van der Waals surface area contributed by atoms with Crippen LogP contribution in [0.25, 0.3) is 0 Å². The second-order valence-corrected chi connectivity index (χ2v) is 7.75. The average molecular weight is 353 g/mol. The fourth-order valence-electron chi connectivity index (χ4n) is 3.58. The average Bonchev–Trinajstić information content (AvgIpc) is 3.32. The SMILES string of the molecule is CCc1cnc(N2CC=NC=C2N2CCCC2c2ccc(C)cc2)s1. The number of hydrogen-bond acceptors (Lipinski definition) is 5. The largest absolute Gasteiger partial charge is 0.350 e. The smallest absolute Gasteiger partial charge is 0.191 e. The number of aromatic nitrogens is 1. The number of anilines is 1. The molecule has 1 fully saturated rings. The maximum Gasteiger partial charge on any atom is 0.191 e. The van der Waals surface area contributed by atoms with Crippen molar-refractivity contribution < 1.29 is 0 Å². The van der Waals surface area contributed by atoms with Crippen LogP contribution in [0.2, 0.25) is 0 Å². The van der Waals surface area contributed by atoms with Crippen LogP contribution < -0.4 is 4.90 Å². The summed E-state index contributed by atoms with van der Waals surface area (Å²) < 4.78 is 0. The highest BCUT2D eigenvalue weighted by atomic mass is 32.1. The molecule has 0 amide bonds. The van der Waals surface area contributed by atoms with Gasteiger partial charge >= 0.3 is 0 Å². The van der Waals surface area contributed by atoms with Gasteiger partial charge in [-0.05, 0) is 31.7 Å². The Kier molecular flexibility index (Phi) is 4.57. The van der Waals surface area contributed by atoms with Gasteiger partial charge in [0.25, 0.3) is 0 Å². The molecule has 4 rings (SSSR count). The zero-order chi connectivity index (χ0) is 17.2. The van der Waals surface area contributed by atoms with Crippen LogP contribution in [0.5, 0.6) is 0 Å². The Morgan fingerprint density at radius 1 is 1.24 bits per heavy atom. The fourth-order valence-corrected chi connectivity index (χ4v) is 4.45. The van der Waals surface area contributed by atoms with Gasteiger partial charge in [0.15, 0.2) is 5.13 Å². The van der Waals surface area contributed by atoms with Crippen LogP contribution in [0.1, 0.15) is 41.8 Å². The Labute approximate surface area is 153 Å². The molecule has 1 aromatic heterocycles. The Bertz CT molecular complexity index is 790. The van der Waals surface area contributed by atoms with Gasteiger partial charge in [-0.2, -0.15) is 0 Å². The molecule has 25 heavy (non-hydrogen) atoms. The van der Waals surface area contributed by atoms with Gasteiger partial charge < -0.3 is 4.90 Å². The Balaban J connectivity index is 1.64. The van der Waals surface area contributed by atoms with Gasteiger partial charge in [0.1, 0.15) is 5.82 Å². The van der Waals surface area contributed by atoms with Crippen molar-refractivity contribution in [2.45, 2.75) is 39.2 Å². The van der Waals surface area contributed by atoms with Crippen LogP contribution in [0.4, 0.5) is 5.13 Å². The number of aryl methyl sites for hydroxylation is 2. The van der Waals surface area contributed by atoms with E-state index in [2.05, 4.69) is 57.9 Å². The van der Waals surface area contributed by atoms with E-state index in [0.29, 0.717) is 6.04 Å². The van der Waals surface area contributed by atoms with Crippen LogP contribution >= 0.6 is 11.3 Å². The summed E-state index contributed by atoms with van der Waals surface area (Å²) in [6.07, 6.45) is 9.41. The van der Waals surface area contributed by atoms with E-state index in [1.807, 2.05) is 18.6 Å². The Hall–Kier alpha value is -2.14. The molecule has 1 aromatic carbocycles. The molecule has 0 spiro atoms. The summed E-state index contributed by atoms with van der Waals surface area (Å²) >= 11 is 1.79. The molecule has 2 aliphatic heterocycles. The van der Waals surface area contributed by atoms with E-state index in [-0.39, 0.29) is 0 Å². The van der Waals surface area contributed by atoms with Gasteiger partial charge in [-0.15, -0.1) is 11.3 Å². The van der Waals surface area contributed by atoms with Crippen LogP contribution in [0, 0.1) is 6.92 Å². The molecule has 0 saturated carbocycles. The minimum atomic E-state index is 0.424. The number of thiazole rings is 1. The Morgan fingerprint density at radius 3 is 2.84 bits per heavy atom. The minimum Gasteiger partial charge on any atom is -0.350 e. The van der Waals surface area contributed by atoms with Crippen molar-refractivity contribution in [1.82, 2.24) is 9.88 Å². The summed E-state index contributed by atoms with van der Waals surface area (Å²) in [5, 5.41) is 1.07. The summed E-state index contributed by atoms with van der Waals surface area (Å²) in [6, 6.07) is 9.40. The number of aliphatic imine (C=N–C) groups is 1. The van der Waals surface area contributed by atoms with Gasteiger partial charge in [0.2, 0.25) is 0 Å². The van der Waals surface area contributed by atoms with E-state index < -0.39 is 0 Å². The molecule has 1 unspecified atom stereocenters. The summed E-state index contributed by atoms with van der Waals surface area (Å²) in [5.74, 6) is 1.18. The number of hydrogen-bond donors (Lipinski definition) is 0. The fraction of sp³-hybridized carbons (Fsp3) is 0.400. The van der Waals surface area contributed by atoms with Gasteiger partial charge in [-0.3, -0.25) is 9.89 Å². The Morgan fingerprint density at radius 2 is 2.08 bits per heavy atom. The first-order valence-electron chi connectivity index (χ1n) is 9.03. The standard InChI is InChI=1S/C20H24N4S/c1-3-17-13-22-20(25-17)24-12-10-21-14-19(24)23-11-4-5-18(23)16-8-6-15(2)7-9-16/h6-10,13-14,18H,3-5,11-12H2,1-2H3. The normalized spacial score (nSPS) is 20.2. The number of nitrogens with zero attached hydrogens (tertiary/aromatic N) is 4. The van der Waals surface area contributed by atoms with E-state index in [9.17, 15) is 0 Å². The molecule has 3 heterocycles. The molecular formula is C20H24N4S. The summed E-state index contributed by atoms with van der Waals surface area (Å²) in [7, 11) is 0. The minimum absolute atomic E-state index is 0.424. The van der Waals surface area contributed by atoms with Gasteiger partial charge in [-0.1, -0.05) is 36.8 Å². The molecule has 0 N–H and O–H groups in total. The highest BCUT2D eigenvalue weighted by Crippen LogP contribution is 2.38. The molecule has 5 heteroatoms. The predicted molar refractivity (Wildman–Crippen MR) is 105 cm³/mol. The van der Waals surface area contributed by atoms with E-state index in [1.54, 1.807) is 11.3 Å². The summed E-state index contributed by atoms with van der Waals surface area (Å²) in [5.41, 5.74) is 2.71. The molecular weight excluding hydrogens is 328 g/mol. The molecule has 2 aromatic rings. The van der Waals surface area contributed by atoms with Crippen molar-refractivity contribution in [3.8, 4) is 0 Å². The van der Waals surface area contributed by atoms with Crippen molar-refractivity contribution in [3.63, 3.8) is 0 Å². The molecule has 2 aliphatic rings. The van der Waals surface area contributed by atoms with Crippen molar-refractivity contribution >= 4 is 22.7 Å². The lowest BCUT2D eigenvalue weighted by molar-refractivity contribution is 0.317. The lowest BCUT2D eigenvalue weighted by Crippen LogP contribution is -2.37. The lowest BCUT2D eigenvalue weighted by atomic mass is 10.0. The lowest BCUT2D eigenvalue weighted by Gasteiger charge is -2.36. The first-order valence-corrected chi connectivity index (χ1v) is 9.85. The van der Waals surface area contributed by atoms with Gasteiger partial charge in [0, 0.05) is 23.8 Å². The highest BCUT2D eigenvalue weighted by molar-refractivity contribution is 7.15. The van der Waals surface area contributed by atoms with Crippen LogP contribution in [-0.4, -0.2) is 29.2 Å². The van der Waals surface area contributed by atoms with Crippen molar-refractivity contribution in [3.05, 3.63) is 58.5 Å². The van der Waals surface area contributed by atoms with Crippen LogP contribution in [0.3, 0.4) is 0 Å². The molecule has 1 saturated heterocycles. The maximum atomic E-state index is 4.66. The van der Waals surface area contributed by atoms with Crippen molar-refractivity contribution in [1.29, 1.82) is 0 Å². The third-order valence-electron chi connectivity index (χ3n) is 4.97. The van der Waals surface area contributed by atoms with Gasteiger partial charge in [-0.25, -0.2) is 4.98 Å². The van der Waals surface area contributed by atoms with Crippen LogP contribution in [0.15, 0.2) is 47.5 Å². The summed E-state index contributed by atoms with van der Waals surface area (Å²) in [4.78, 5) is 15.3. The van der Waals surface area contributed by atoms with Gasteiger partial charge in [0.05, 0.1) is 18.8 Å². The molecule has 0 bridgehead atoms. The third-order valence-corrected chi connectivity index (χ3v) is 6.13. The predicted octanol–water partition coefficient (Wildman–Crippen LogP) is 4.54. The van der Waals surface area contributed by atoms with Crippen LogP contribution in [-0.2, 0) is 6.42 Å². The second kappa shape index (κ2) is 7.00. The highest BCUT2D eigenvalue weighted by Gasteiger charge is 2.32. The first kappa shape index (κ1) is 16.3. The number of likely N-dealkylation sites (tertiary alicyclic amines) is 1. The molecule has 1 atom stereocenters. The first-order chi connectivity index (χ1) is 12.3. The molecule has 0 radical (unpaired) electrons. The monoisotopic (exact) mass is 352 g/mol. The van der Waals surface area contributed by atoms with E-state index in [4.69, 9.17) is 0 Å². The van der Waals surface area contributed by atoms with E-state index >= 15 is 0 Å². The zero-order valence-electron chi connectivity index (χ0n) is 14.9. The third kappa shape index (κ3) is 3.21. The van der Waals surface area contributed by atoms with E-state index in [1.165, 1.54) is 34.7 Å². The molecule has 4 nitrogen and oxygen atoms in total. The molecule has 0 aliphatic carbocycles. The second-order valence-electron chi connectivity index (χ2n) is 6.65.